The van der Waals surface area contributed by atoms with Gasteiger partial charge in [-0.1, -0.05) is 23.4 Å². The van der Waals surface area contributed by atoms with E-state index < -0.39 is 6.04 Å². The SMILES string of the molecule is Cn1cc(CNC(=O)C2NCCOc3ccccc32)nn1. The van der Waals surface area contributed by atoms with Crippen molar-refractivity contribution >= 4 is 5.91 Å². The molecule has 7 heteroatoms. The summed E-state index contributed by atoms with van der Waals surface area (Å²) in [5.74, 6) is 0.653. The zero-order valence-corrected chi connectivity index (χ0v) is 11.7. The van der Waals surface area contributed by atoms with Crippen molar-refractivity contribution in [2.75, 3.05) is 13.2 Å². The van der Waals surface area contributed by atoms with Gasteiger partial charge in [0, 0.05) is 25.4 Å². The molecule has 0 saturated heterocycles. The number of aryl methyl sites for hydroxylation is 1. The second kappa shape index (κ2) is 5.92. The highest BCUT2D eigenvalue weighted by atomic mass is 16.5. The first kappa shape index (κ1) is 13.6. The molecule has 21 heavy (non-hydrogen) atoms. The fourth-order valence-electron chi connectivity index (χ4n) is 2.31. The van der Waals surface area contributed by atoms with E-state index in [4.69, 9.17) is 4.74 Å². The summed E-state index contributed by atoms with van der Waals surface area (Å²) >= 11 is 0. The van der Waals surface area contributed by atoms with Gasteiger partial charge < -0.3 is 10.1 Å². The third kappa shape index (κ3) is 3.03. The first-order valence-electron chi connectivity index (χ1n) is 6.82. The van der Waals surface area contributed by atoms with Crippen molar-refractivity contribution in [1.82, 2.24) is 25.6 Å². The number of nitrogens with zero attached hydrogens (tertiary/aromatic N) is 3. The smallest absolute Gasteiger partial charge is 0.242 e. The minimum Gasteiger partial charge on any atom is -0.492 e. The lowest BCUT2D eigenvalue weighted by Gasteiger charge is -2.16. The van der Waals surface area contributed by atoms with Gasteiger partial charge in [0.15, 0.2) is 0 Å². The number of para-hydroxylation sites is 1. The Morgan fingerprint density at radius 1 is 1.52 bits per heavy atom. The summed E-state index contributed by atoms with van der Waals surface area (Å²) in [5.41, 5.74) is 1.58. The van der Waals surface area contributed by atoms with Crippen molar-refractivity contribution in [1.29, 1.82) is 0 Å². The van der Waals surface area contributed by atoms with Crippen LogP contribution in [0.5, 0.6) is 5.75 Å². The van der Waals surface area contributed by atoms with Gasteiger partial charge in [-0.2, -0.15) is 0 Å². The van der Waals surface area contributed by atoms with E-state index in [1.807, 2.05) is 24.3 Å². The van der Waals surface area contributed by atoms with Crippen LogP contribution < -0.4 is 15.4 Å². The van der Waals surface area contributed by atoms with Crippen molar-refractivity contribution < 1.29 is 9.53 Å². The highest BCUT2D eigenvalue weighted by Gasteiger charge is 2.25. The zero-order chi connectivity index (χ0) is 14.7. The number of rotatable bonds is 3. The minimum absolute atomic E-state index is 0.0985. The second-order valence-corrected chi connectivity index (χ2v) is 4.87. The van der Waals surface area contributed by atoms with Crippen LogP contribution in [0.2, 0.25) is 0 Å². The van der Waals surface area contributed by atoms with Gasteiger partial charge in [-0.05, 0) is 6.07 Å². The summed E-state index contributed by atoms with van der Waals surface area (Å²) in [7, 11) is 1.79. The normalized spacial score (nSPS) is 17.5. The number of hydrogen-bond donors (Lipinski definition) is 2. The van der Waals surface area contributed by atoms with E-state index in [-0.39, 0.29) is 5.91 Å². The second-order valence-electron chi connectivity index (χ2n) is 4.87. The molecule has 1 aliphatic rings. The number of aromatic nitrogens is 3. The predicted molar refractivity (Wildman–Crippen MR) is 75.5 cm³/mol. The zero-order valence-electron chi connectivity index (χ0n) is 11.7. The molecule has 7 nitrogen and oxygen atoms in total. The molecule has 1 aromatic heterocycles. The first-order valence-corrected chi connectivity index (χ1v) is 6.82. The molecule has 0 spiro atoms. The third-order valence-corrected chi connectivity index (χ3v) is 3.29. The summed E-state index contributed by atoms with van der Waals surface area (Å²) < 4.78 is 7.23. The lowest BCUT2D eigenvalue weighted by Crippen LogP contribution is -2.37. The molecule has 3 rings (SSSR count). The fraction of sp³-hybridized carbons (Fsp3) is 0.357. The van der Waals surface area contributed by atoms with Crippen LogP contribution >= 0.6 is 0 Å². The number of benzene rings is 1. The Labute approximate surface area is 122 Å². The molecule has 0 saturated carbocycles. The largest absolute Gasteiger partial charge is 0.492 e. The van der Waals surface area contributed by atoms with Crippen molar-refractivity contribution in [3.63, 3.8) is 0 Å². The van der Waals surface area contributed by atoms with E-state index in [0.29, 0.717) is 19.7 Å². The monoisotopic (exact) mass is 287 g/mol. The van der Waals surface area contributed by atoms with Crippen molar-refractivity contribution in [3.8, 4) is 5.75 Å². The average Bonchev–Trinajstić information content (AvgIpc) is 2.79. The van der Waals surface area contributed by atoms with Crippen LogP contribution in [0.3, 0.4) is 0 Å². The molecule has 2 heterocycles. The Morgan fingerprint density at radius 2 is 2.38 bits per heavy atom. The maximum atomic E-state index is 12.4. The molecule has 0 bridgehead atoms. The molecular weight excluding hydrogens is 270 g/mol. The number of amides is 1. The molecule has 1 aromatic carbocycles. The van der Waals surface area contributed by atoms with Gasteiger partial charge in [0.25, 0.3) is 0 Å². The third-order valence-electron chi connectivity index (χ3n) is 3.29. The van der Waals surface area contributed by atoms with Crippen molar-refractivity contribution in [3.05, 3.63) is 41.7 Å². The maximum Gasteiger partial charge on any atom is 0.242 e. The fourth-order valence-corrected chi connectivity index (χ4v) is 2.31. The minimum atomic E-state index is -0.416. The number of nitrogens with one attached hydrogen (secondary N) is 2. The highest BCUT2D eigenvalue weighted by Crippen LogP contribution is 2.26. The predicted octanol–water partition coefficient (Wildman–Crippen LogP) is 0.155. The van der Waals surface area contributed by atoms with Gasteiger partial charge in [-0.3, -0.25) is 14.8 Å². The van der Waals surface area contributed by atoms with E-state index in [2.05, 4.69) is 20.9 Å². The molecule has 1 unspecified atom stereocenters. The number of hydrogen-bond acceptors (Lipinski definition) is 5. The van der Waals surface area contributed by atoms with Crippen LogP contribution in [0.1, 0.15) is 17.3 Å². The van der Waals surface area contributed by atoms with Crippen LogP contribution in [0.25, 0.3) is 0 Å². The number of fused-ring (bicyclic) bond motifs is 1. The van der Waals surface area contributed by atoms with Crippen molar-refractivity contribution in [2.45, 2.75) is 12.6 Å². The number of ether oxygens (including phenoxy) is 1. The van der Waals surface area contributed by atoms with Gasteiger partial charge in [0.1, 0.15) is 24.1 Å². The summed E-state index contributed by atoms with van der Waals surface area (Å²) in [6.07, 6.45) is 1.78. The van der Waals surface area contributed by atoms with Crippen LogP contribution in [-0.2, 0) is 18.4 Å². The molecule has 0 aliphatic carbocycles. The summed E-state index contributed by atoms with van der Waals surface area (Å²) in [4.78, 5) is 12.4. The molecule has 2 N–H and O–H groups in total. The number of carbonyl (C=O) groups excluding carboxylic acids is 1. The topological polar surface area (TPSA) is 81.1 Å². The van der Waals surface area contributed by atoms with E-state index >= 15 is 0 Å². The van der Waals surface area contributed by atoms with Crippen LogP contribution in [0.4, 0.5) is 0 Å². The first-order chi connectivity index (χ1) is 10.2. The standard InChI is InChI=1S/C14H17N5O2/c1-19-9-10(17-18-19)8-16-14(20)13-11-4-2-3-5-12(11)21-7-6-15-13/h2-5,9,13,15H,6-8H2,1H3,(H,16,20). The molecule has 1 amide bonds. The van der Waals surface area contributed by atoms with E-state index in [9.17, 15) is 4.79 Å². The van der Waals surface area contributed by atoms with E-state index in [0.717, 1.165) is 17.0 Å². The Balaban J connectivity index is 1.72. The Kier molecular flexibility index (Phi) is 3.83. The van der Waals surface area contributed by atoms with Gasteiger partial charge >= 0.3 is 0 Å². The van der Waals surface area contributed by atoms with Gasteiger partial charge in [0.2, 0.25) is 5.91 Å². The van der Waals surface area contributed by atoms with Gasteiger partial charge in [-0.25, -0.2) is 0 Å². The summed E-state index contributed by atoms with van der Waals surface area (Å²) in [6.45, 7) is 1.52. The van der Waals surface area contributed by atoms with E-state index in [1.165, 1.54) is 0 Å². The lowest BCUT2D eigenvalue weighted by atomic mass is 10.1. The van der Waals surface area contributed by atoms with Gasteiger partial charge in [-0.15, -0.1) is 5.10 Å². The molecular formula is C14H17N5O2. The Bertz CT molecular complexity index is 640. The van der Waals surface area contributed by atoms with Gasteiger partial charge in [0.05, 0.1) is 6.54 Å². The Hall–Kier alpha value is -2.41. The number of carbonyl (C=O) groups is 1. The Morgan fingerprint density at radius 3 is 3.19 bits per heavy atom. The van der Waals surface area contributed by atoms with Crippen LogP contribution in [0, 0.1) is 0 Å². The maximum absolute atomic E-state index is 12.4. The summed E-state index contributed by atoms with van der Waals surface area (Å²) in [6, 6.07) is 7.17. The van der Waals surface area contributed by atoms with Crippen LogP contribution in [0.15, 0.2) is 30.5 Å². The molecule has 110 valence electrons. The molecule has 0 radical (unpaired) electrons. The summed E-state index contributed by atoms with van der Waals surface area (Å²) in [5, 5.41) is 13.9. The molecule has 1 atom stereocenters. The quantitative estimate of drug-likeness (QED) is 0.840. The highest BCUT2D eigenvalue weighted by molar-refractivity contribution is 5.84. The molecule has 2 aromatic rings. The molecule has 0 fully saturated rings. The lowest BCUT2D eigenvalue weighted by molar-refractivity contribution is -0.123. The van der Waals surface area contributed by atoms with Crippen molar-refractivity contribution in [2.24, 2.45) is 7.05 Å². The average molecular weight is 287 g/mol. The van der Waals surface area contributed by atoms with Crippen LogP contribution in [-0.4, -0.2) is 34.1 Å². The van der Waals surface area contributed by atoms with E-state index in [1.54, 1.807) is 17.9 Å². The molecule has 1 aliphatic heterocycles.